The van der Waals surface area contributed by atoms with Gasteiger partial charge in [0.25, 0.3) is 0 Å². The van der Waals surface area contributed by atoms with Crippen molar-refractivity contribution in [2.75, 3.05) is 24.5 Å². The minimum Gasteiger partial charge on any atom is -0.371 e. The van der Waals surface area contributed by atoms with Crippen LogP contribution in [0.1, 0.15) is 25.3 Å². The summed E-state index contributed by atoms with van der Waals surface area (Å²) in [6, 6.07) is 4.60. The predicted octanol–water partition coefficient (Wildman–Crippen LogP) is 3.71. The molecular formula is C15H20F4N2. The van der Waals surface area contributed by atoms with Gasteiger partial charge in [-0.3, -0.25) is 0 Å². The SMILES string of the molecule is CCNCc1c(F)cccc1N1CCCC(C(F)(F)F)C1. The maximum absolute atomic E-state index is 14.0. The Labute approximate surface area is 122 Å². The van der Waals surface area contributed by atoms with Gasteiger partial charge in [0, 0.05) is 30.9 Å². The average molecular weight is 304 g/mol. The number of anilines is 1. The molecule has 0 aliphatic carbocycles. The van der Waals surface area contributed by atoms with Crippen LogP contribution in [0.15, 0.2) is 18.2 Å². The lowest BCUT2D eigenvalue weighted by Gasteiger charge is -2.36. The Morgan fingerprint density at radius 3 is 2.76 bits per heavy atom. The van der Waals surface area contributed by atoms with Gasteiger partial charge in [0.2, 0.25) is 0 Å². The topological polar surface area (TPSA) is 15.3 Å². The molecule has 1 heterocycles. The molecule has 1 aliphatic heterocycles. The minimum absolute atomic E-state index is 0.0912. The molecule has 1 saturated heterocycles. The largest absolute Gasteiger partial charge is 0.393 e. The van der Waals surface area contributed by atoms with Crippen molar-refractivity contribution in [2.24, 2.45) is 5.92 Å². The van der Waals surface area contributed by atoms with Gasteiger partial charge in [0.05, 0.1) is 5.92 Å². The van der Waals surface area contributed by atoms with Crippen molar-refractivity contribution >= 4 is 5.69 Å². The molecule has 118 valence electrons. The zero-order valence-electron chi connectivity index (χ0n) is 12.0. The van der Waals surface area contributed by atoms with Gasteiger partial charge in [0.1, 0.15) is 5.82 Å². The second kappa shape index (κ2) is 6.64. The molecule has 0 bridgehead atoms. The minimum atomic E-state index is -4.19. The summed E-state index contributed by atoms with van der Waals surface area (Å²) in [6.07, 6.45) is -3.56. The molecule has 0 radical (unpaired) electrons. The van der Waals surface area contributed by atoms with E-state index in [-0.39, 0.29) is 18.8 Å². The fourth-order valence-corrected chi connectivity index (χ4v) is 2.73. The van der Waals surface area contributed by atoms with Crippen molar-refractivity contribution in [1.29, 1.82) is 0 Å². The quantitative estimate of drug-likeness (QED) is 0.853. The third-order valence-electron chi connectivity index (χ3n) is 3.87. The van der Waals surface area contributed by atoms with E-state index in [2.05, 4.69) is 5.32 Å². The van der Waals surface area contributed by atoms with Crippen molar-refractivity contribution in [1.82, 2.24) is 5.32 Å². The highest BCUT2D eigenvalue weighted by Crippen LogP contribution is 2.36. The van der Waals surface area contributed by atoms with Crippen molar-refractivity contribution in [2.45, 2.75) is 32.5 Å². The first kappa shape index (κ1) is 16.1. The van der Waals surface area contributed by atoms with E-state index in [4.69, 9.17) is 0 Å². The van der Waals surface area contributed by atoms with Crippen LogP contribution in [0, 0.1) is 11.7 Å². The molecule has 6 heteroatoms. The van der Waals surface area contributed by atoms with Crippen LogP contribution in [0.2, 0.25) is 0 Å². The third kappa shape index (κ3) is 3.87. The molecule has 0 saturated carbocycles. The van der Waals surface area contributed by atoms with E-state index in [0.717, 1.165) is 0 Å². The van der Waals surface area contributed by atoms with Crippen LogP contribution in [0.3, 0.4) is 0 Å². The molecule has 0 aromatic heterocycles. The fourth-order valence-electron chi connectivity index (χ4n) is 2.73. The Kier molecular flexibility index (Phi) is 5.08. The van der Waals surface area contributed by atoms with E-state index in [0.29, 0.717) is 37.3 Å². The zero-order chi connectivity index (χ0) is 15.5. The van der Waals surface area contributed by atoms with Gasteiger partial charge < -0.3 is 10.2 Å². The first-order valence-electron chi connectivity index (χ1n) is 7.23. The molecule has 21 heavy (non-hydrogen) atoms. The van der Waals surface area contributed by atoms with E-state index in [9.17, 15) is 17.6 Å². The third-order valence-corrected chi connectivity index (χ3v) is 3.87. The molecule has 2 nitrogen and oxygen atoms in total. The van der Waals surface area contributed by atoms with Crippen LogP contribution in [-0.2, 0) is 6.54 Å². The Balaban J connectivity index is 2.22. The van der Waals surface area contributed by atoms with Crippen LogP contribution in [0.4, 0.5) is 23.2 Å². The second-order valence-electron chi connectivity index (χ2n) is 5.34. The van der Waals surface area contributed by atoms with Crippen molar-refractivity contribution in [3.05, 3.63) is 29.6 Å². The second-order valence-corrected chi connectivity index (χ2v) is 5.34. The molecule has 1 aliphatic rings. The normalized spacial score (nSPS) is 19.9. The molecule has 1 N–H and O–H groups in total. The summed E-state index contributed by atoms with van der Waals surface area (Å²) in [7, 11) is 0. The number of alkyl halides is 3. The zero-order valence-corrected chi connectivity index (χ0v) is 12.0. The van der Waals surface area contributed by atoms with Gasteiger partial charge >= 0.3 is 6.18 Å². The van der Waals surface area contributed by atoms with Gasteiger partial charge in [-0.25, -0.2) is 4.39 Å². The number of nitrogens with zero attached hydrogens (tertiary/aromatic N) is 1. The van der Waals surface area contributed by atoms with Crippen LogP contribution >= 0.6 is 0 Å². The molecular weight excluding hydrogens is 284 g/mol. The standard InChI is InChI=1S/C15H20F4N2/c1-2-20-9-12-13(16)6-3-7-14(12)21-8-4-5-11(10-21)15(17,18)19/h3,6-7,11,20H,2,4-5,8-10H2,1H3. The first-order chi connectivity index (χ1) is 9.93. The van der Waals surface area contributed by atoms with E-state index >= 15 is 0 Å². The highest BCUT2D eigenvalue weighted by Gasteiger charge is 2.42. The van der Waals surface area contributed by atoms with Crippen molar-refractivity contribution < 1.29 is 17.6 Å². The van der Waals surface area contributed by atoms with Crippen LogP contribution < -0.4 is 10.2 Å². The summed E-state index contributed by atoms with van der Waals surface area (Å²) < 4.78 is 52.7. The molecule has 1 unspecified atom stereocenters. The number of piperidine rings is 1. The van der Waals surface area contributed by atoms with Crippen LogP contribution in [-0.4, -0.2) is 25.8 Å². The Hall–Kier alpha value is -1.30. The molecule has 1 fully saturated rings. The van der Waals surface area contributed by atoms with Crippen molar-refractivity contribution in [3.8, 4) is 0 Å². The summed E-state index contributed by atoms with van der Waals surface area (Å²) in [5, 5.41) is 3.04. The van der Waals surface area contributed by atoms with E-state index in [1.165, 1.54) is 6.07 Å². The summed E-state index contributed by atoms with van der Waals surface area (Å²) >= 11 is 0. The number of rotatable bonds is 4. The summed E-state index contributed by atoms with van der Waals surface area (Å²) in [4.78, 5) is 1.66. The highest BCUT2D eigenvalue weighted by atomic mass is 19.4. The maximum atomic E-state index is 14.0. The Morgan fingerprint density at radius 1 is 1.33 bits per heavy atom. The lowest BCUT2D eigenvalue weighted by Crippen LogP contribution is -2.42. The molecule has 0 spiro atoms. The fraction of sp³-hybridized carbons (Fsp3) is 0.600. The molecule has 1 aromatic carbocycles. The smallest absolute Gasteiger partial charge is 0.371 e. The van der Waals surface area contributed by atoms with Gasteiger partial charge in [-0.15, -0.1) is 0 Å². The van der Waals surface area contributed by atoms with Gasteiger partial charge in [0.15, 0.2) is 0 Å². The highest BCUT2D eigenvalue weighted by molar-refractivity contribution is 5.54. The number of hydrogen-bond donors (Lipinski definition) is 1. The first-order valence-corrected chi connectivity index (χ1v) is 7.23. The molecule has 1 aromatic rings. The van der Waals surface area contributed by atoms with Gasteiger partial charge in [-0.2, -0.15) is 13.2 Å². The number of benzene rings is 1. The summed E-state index contributed by atoms with van der Waals surface area (Å²) in [6.45, 7) is 3.35. The summed E-state index contributed by atoms with van der Waals surface area (Å²) in [5.74, 6) is -1.70. The number of halogens is 4. The van der Waals surface area contributed by atoms with E-state index in [1.54, 1.807) is 17.0 Å². The maximum Gasteiger partial charge on any atom is 0.393 e. The number of hydrogen-bond acceptors (Lipinski definition) is 2. The Bertz CT molecular complexity index is 473. The molecule has 0 amide bonds. The lowest BCUT2D eigenvalue weighted by atomic mass is 9.96. The monoisotopic (exact) mass is 304 g/mol. The lowest BCUT2D eigenvalue weighted by molar-refractivity contribution is -0.176. The molecule has 2 rings (SSSR count). The van der Waals surface area contributed by atoms with Crippen LogP contribution in [0.25, 0.3) is 0 Å². The predicted molar refractivity (Wildman–Crippen MR) is 74.8 cm³/mol. The van der Waals surface area contributed by atoms with Gasteiger partial charge in [-0.05, 0) is 31.5 Å². The van der Waals surface area contributed by atoms with E-state index in [1.807, 2.05) is 6.92 Å². The Morgan fingerprint density at radius 2 is 2.10 bits per heavy atom. The number of nitrogens with one attached hydrogen (secondary N) is 1. The van der Waals surface area contributed by atoms with Crippen molar-refractivity contribution in [3.63, 3.8) is 0 Å². The van der Waals surface area contributed by atoms with Gasteiger partial charge in [-0.1, -0.05) is 13.0 Å². The average Bonchev–Trinajstić information content (AvgIpc) is 2.45. The van der Waals surface area contributed by atoms with Crippen LogP contribution in [0.5, 0.6) is 0 Å². The summed E-state index contributed by atoms with van der Waals surface area (Å²) in [5.41, 5.74) is 1.02. The molecule has 1 atom stereocenters. The van der Waals surface area contributed by atoms with E-state index < -0.39 is 12.1 Å².